The topological polar surface area (TPSA) is 95.8 Å². The van der Waals surface area contributed by atoms with Crippen LogP contribution in [0.1, 0.15) is 34.3 Å². The molecular formula is C14H21N5OS. The van der Waals surface area contributed by atoms with Crippen LogP contribution in [0.25, 0.3) is 0 Å². The Bertz CT molecular complexity index is 604. The van der Waals surface area contributed by atoms with E-state index in [1.165, 1.54) is 16.9 Å². The molecule has 0 saturated heterocycles. The molecule has 0 spiro atoms. The molecule has 0 radical (unpaired) electrons. The van der Waals surface area contributed by atoms with Gasteiger partial charge in [-0.25, -0.2) is 0 Å². The van der Waals surface area contributed by atoms with E-state index < -0.39 is 0 Å². The average molecular weight is 307 g/mol. The summed E-state index contributed by atoms with van der Waals surface area (Å²) in [4.78, 5) is 12.4. The Kier molecular flexibility index (Phi) is 5.21. The number of thiophene rings is 1. The number of anilines is 2. The molecule has 5 N–H and O–H groups in total. The van der Waals surface area contributed by atoms with E-state index in [2.05, 4.69) is 20.8 Å². The molecular weight excluding hydrogens is 286 g/mol. The second kappa shape index (κ2) is 7.12. The van der Waals surface area contributed by atoms with E-state index in [0.717, 1.165) is 30.1 Å². The number of carbonyl (C=O) groups excluding carboxylic acids is 1. The van der Waals surface area contributed by atoms with Gasteiger partial charge in [-0.1, -0.05) is 0 Å². The number of carbonyl (C=O) groups is 1. The van der Waals surface area contributed by atoms with Gasteiger partial charge >= 0.3 is 0 Å². The summed E-state index contributed by atoms with van der Waals surface area (Å²) in [7, 11) is 0. The smallest absolute Gasteiger partial charge is 0.263 e. The van der Waals surface area contributed by atoms with E-state index in [1.54, 1.807) is 0 Å². The number of aryl methyl sites for hydroxylation is 2. The van der Waals surface area contributed by atoms with Crippen molar-refractivity contribution in [3.05, 3.63) is 28.4 Å². The molecule has 2 rings (SSSR count). The van der Waals surface area contributed by atoms with E-state index >= 15 is 0 Å². The highest BCUT2D eigenvalue weighted by atomic mass is 32.1. The van der Waals surface area contributed by atoms with Crippen LogP contribution in [0.4, 0.5) is 10.7 Å². The molecule has 2 heterocycles. The number of nitrogens with zero attached hydrogens (tertiary/aromatic N) is 1. The van der Waals surface area contributed by atoms with Crippen LogP contribution in [0.15, 0.2) is 12.3 Å². The van der Waals surface area contributed by atoms with E-state index in [9.17, 15) is 4.79 Å². The molecule has 0 fully saturated rings. The van der Waals surface area contributed by atoms with Gasteiger partial charge in [-0.15, -0.1) is 11.3 Å². The second-order valence-corrected chi connectivity index (χ2v) is 5.86. The zero-order chi connectivity index (χ0) is 15.2. The number of rotatable bonds is 7. The molecule has 0 aromatic carbocycles. The summed E-state index contributed by atoms with van der Waals surface area (Å²) in [6.45, 7) is 5.34. The number of nitrogen functional groups attached to an aromatic ring is 1. The molecule has 0 atom stereocenters. The first-order valence-corrected chi connectivity index (χ1v) is 7.83. The molecule has 2 aromatic heterocycles. The minimum absolute atomic E-state index is 0.109. The van der Waals surface area contributed by atoms with Crippen LogP contribution in [0.2, 0.25) is 0 Å². The van der Waals surface area contributed by atoms with Gasteiger partial charge in [0.25, 0.3) is 5.91 Å². The van der Waals surface area contributed by atoms with Crippen molar-refractivity contribution < 1.29 is 4.79 Å². The summed E-state index contributed by atoms with van der Waals surface area (Å²) in [6, 6.07) is 1.82. The Balaban J connectivity index is 1.82. The first kappa shape index (κ1) is 15.4. The zero-order valence-corrected chi connectivity index (χ0v) is 13.1. The first-order valence-electron chi connectivity index (χ1n) is 7.02. The standard InChI is InChI=1S/C14H21N5OS/c1-3-16-14(20)13-11(15)7-12(21-13)17-6-4-5-10-8-18-19-9(10)2/h7-8,17H,3-6,15H2,1-2H3,(H,16,20)(H,18,19). The number of nitrogens with one attached hydrogen (secondary N) is 3. The summed E-state index contributed by atoms with van der Waals surface area (Å²) in [5.41, 5.74) is 8.76. The quantitative estimate of drug-likeness (QED) is 0.589. The maximum Gasteiger partial charge on any atom is 0.263 e. The summed E-state index contributed by atoms with van der Waals surface area (Å²) in [6.07, 6.45) is 3.83. The lowest BCUT2D eigenvalue weighted by molar-refractivity contribution is 0.0960. The van der Waals surface area contributed by atoms with Crippen LogP contribution < -0.4 is 16.4 Å². The Morgan fingerprint density at radius 3 is 3.00 bits per heavy atom. The molecule has 0 aliphatic rings. The van der Waals surface area contributed by atoms with Crippen LogP contribution in [0, 0.1) is 6.92 Å². The highest BCUT2D eigenvalue weighted by molar-refractivity contribution is 7.18. The lowest BCUT2D eigenvalue weighted by Gasteiger charge is -2.03. The van der Waals surface area contributed by atoms with Gasteiger partial charge in [-0.2, -0.15) is 5.10 Å². The molecule has 0 saturated carbocycles. The van der Waals surface area contributed by atoms with Crippen molar-refractivity contribution in [1.29, 1.82) is 0 Å². The van der Waals surface area contributed by atoms with Gasteiger partial charge in [0.05, 0.1) is 16.9 Å². The third-order valence-corrected chi connectivity index (χ3v) is 4.27. The summed E-state index contributed by atoms with van der Waals surface area (Å²) >= 11 is 1.39. The number of hydrogen-bond acceptors (Lipinski definition) is 5. The van der Waals surface area contributed by atoms with Gasteiger partial charge < -0.3 is 16.4 Å². The molecule has 0 bridgehead atoms. The number of nitrogens with two attached hydrogens (primary N) is 1. The highest BCUT2D eigenvalue weighted by Crippen LogP contribution is 2.29. The van der Waals surface area contributed by atoms with E-state index in [0.29, 0.717) is 17.1 Å². The van der Waals surface area contributed by atoms with Crippen LogP contribution >= 0.6 is 11.3 Å². The molecule has 21 heavy (non-hydrogen) atoms. The van der Waals surface area contributed by atoms with Crippen LogP contribution in [-0.4, -0.2) is 29.2 Å². The molecule has 0 aliphatic heterocycles. The Morgan fingerprint density at radius 2 is 2.33 bits per heavy atom. The predicted octanol–water partition coefficient (Wildman–Crippen LogP) is 2.16. The van der Waals surface area contributed by atoms with Gasteiger partial charge in [0.2, 0.25) is 0 Å². The van der Waals surface area contributed by atoms with Crippen LogP contribution in [0.3, 0.4) is 0 Å². The van der Waals surface area contributed by atoms with Gasteiger partial charge in [0, 0.05) is 18.8 Å². The third kappa shape index (κ3) is 3.98. The normalized spacial score (nSPS) is 10.6. The van der Waals surface area contributed by atoms with Gasteiger partial charge in [-0.3, -0.25) is 9.89 Å². The summed E-state index contributed by atoms with van der Waals surface area (Å²) in [5.74, 6) is -0.109. The van der Waals surface area contributed by atoms with Gasteiger partial charge in [0.1, 0.15) is 4.88 Å². The van der Waals surface area contributed by atoms with Crippen molar-refractivity contribution in [1.82, 2.24) is 15.5 Å². The Morgan fingerprint density at radius 1 is 1.52 bits per heavy atom. The fraction of sp³-hybridized carbons (Fsp3) is 0.429. The summed E-state index contributed by atoms with van der Waals surface area (Å²) in [5, 5.41) is 13.9. The predicted molar refractivity (Wildman–Crippen MR) is 86.9 cm³/mol. The molecule has 6 nitrogen and oxygen atoms in total. The number of aromatic nitrogens is 2. The SMILES string of the molecule is CCNC(=O)c1sc(NCCCc2cn[nH]c2C)cc1N. The number of aromatic amines is 1. The van der Waals surface area contributed by atoms with Crippen LogP contribution in [0.5, 0.6) is 0 Å². The molecule has 0 aliphatic carbocycles. The average Bonchev–Trinajstić information content (AvgIpc) is 3.01. The molecule has 1 amide bonds. The van der Waals surface area contributed by atoms with Crippen molar-refractivity contribution in [3.63, 3.8) is 0 Å². The van der Waals surface area contributed by atoms with Crippen molar-refractivity contribution in [2.24, 2.45) is 0 Å². The van der Waals surface area contributed by atoms with Crippen molar-refractivity contribution in [3.8, 4) is 0 Å². The fourth-order valence-corrected chi connectivity index (χ4v) is 2.95. The largest absolute Gasteiger partial charge is 0.397 e. The number of amides is 1. The second-order valence-electron chi connectivity index (χ2n) is 4.81. The van der Waals surface area contributed by atoms with Crippen molar-refractivity contribution in [2.75, 3.05) is 24.1 Å². The minimum atomic E-state index is -0.109. The molecule has 2 aromatic rings. The minimum Gasteiger partial charge on any atom is -0.397 e. The van der Waals surface area contributed by atoms with Crippen molar-refractivity contribution in [2.45, 2.75) is 26.7 Å². The summed E-state index contributed by atoms with van der Waals surface area (Å²) < 4.78 is 0. The van der Waals surface area contributed by atoms with E-state index in [1.807, 2.05) is 26.1 Å². The Hall–Kier alpha value is -2.02. The monoisotopic (exact) mass is 307 g/mol. The van der Waals surface area contributed by atoms with Crippen molar-refractivity contribution >= 4 is 27.9 Å². The number of hydrogen-bond donors (Lipinski definition) is 4. The fourth-order valence-electron chi connectivity index (χ4n) is 2.03. The first-order chi connectivity index (χ1) is 10.1. The Labute approximate surface area is 128 Å². The van der Waals surface area contributed by atoms with Crippen LogP contribution in [-0.2, 0) is 6.42 Å². The number of H-pyrrole nitrogens is 1. The zero-order valence-electron chi connectivity index (χ0n) is 12.3. The lowest BCUT2D eigenvalue weighted by atomic mass is 10.1. The van der Waals surface area contributed by atoms with Gasteiger partial charge in [0.15, 0.2) is 0 Å². The molecule has 7 heteroatoms. The maximum atomic E-state index is 11.8. The highest BCUT2D eigenvalue weighted by Gasteiger charge is 2.13. The van der Waals surface area contributed by atoms with E-state index in [4.69, 9.17) is 5.73 Å². The third-order valence-electron chi connectivity index (χ3n) is 3.16. The molecule has 114 valence electrons. The maximum absolute atomic E-state index is 11.8. The van der Waals surface area contributed by atoms with Gasteiger partial charge in [-0.05, 0) is 38.3 Å². The lowest BCUT2D eigenvalue weighted by Crippen LogP contribution is -2.22. The van der Waals surface area contributed by atoms with E-state index in [-0.39, 0.29) is 5.91 Å². The molecule has 0 unspecified atom stereocenters.